The number of benzene rings is 10. The van der Waals surface area contributed by atoms with Crippen molar-refractivity contribution in [2.45, 2.75) is 0 Å². The maximum atomic E-state index is 10.1. The molecular weight excluding hydrogens is 801 g/mol. The van der Waals surface area contributed by atoms with E-state index in [1.54, 1.807) is 0 Å². The van der Waals surface area contributed by atoms with E-state index in [1.165, 1.54) is 38.6 Å². The minimum atomic E-state index is 0.605. The average Bonchev–Trinajstić information content (AvgIpc) is 3.74. The van der Waals surface area contributed by atoms with Crippen LogP contribution in [0.15, 0.2) is 231 Å². The van der Waals surface area contributed by atoms with Gasteiger partial charge in [-0.3, -0.25) is 0 Å². The van der Waals surface area contributed by atoms with Crippen molar-refractivity contribution in [3.05, 3.63) is 236 Å². The van der Waals surface area contributed by atoms with Gasteiger partial charge in [0.1, 0.15) is 0 Å². The zero-order chi connectivity index (χ0) is 44.0. The second-order valence-corrected chi connectivity index (χ2v) is 16.7. The van der Waals surface area contributed by atoms with E-state index in [9.17, 15) is 5.26 Å². The molecule has 12 rings (SSSR count). The largest absolute Gasteiger partial charge is 0.208 e. The first-order valence-corrected chi connectivity index (χ1v) is 22.1. The fourth-order valence-corrected chi connectivity index (χ4v) is 9.51. The van der Waals surface area contributed by atoms with Crippen LogP contribution in [0.5, 0.6) is 0 Å². The molecule has 0 unspecified atom stereocenters. The maximum absolute atomic E-state index is 10.1. The van der Waals surface area contributed by atoms with Crippen molar-refractivity contribution in [2.24, 2.45) is 0 Å². The number of rotatable bonds is 8. The van der Waals surface area contributed by atoms with E-state index in [1.807, 2.05) is 48.5 Å². The van der Waals surface area contributed by atoms with Gasteiger partial charge in [-0.1, -0.05) is 206 Å². The van der Waals surface area contributed by atoms with Crippen LogP contribution in [-0.2, 0) is 0 Å². The molecule has 0 amide bonds. The van der Waals surface area contributed by atoms with E-state index in [4.69, 9.17) is 15.0 Å². The Labute approximate surface area is 383 Å². The minimum absolute atomic E-state index is 0.605. The SMILES string of the molecule is N#Cc1ccc(-c2cccc(-c3cccc4c3-c3cccc5cccc-4c35)c2)c(-c2cccc(-c3ccc(-c4nc(-c5ccccc5)nc(-c5ccc(-c6ccccc6)cc5)n4)cc3)c2)c1. The molecule has 0 bridgehead atoms. The molecule has 306 valence electrons. The van der Waals surface area contributed by atoms with Gasteiger partial charge in [-0.2, -0.15) is 5.26 Å². The lowest BCUT2D eigenvalue weighted by Gasteiger charge is -2.15. The Bertz CT molecular complexity index is 3680. The molecule has 0 radical (unpaired) electrons. The summed E-state index contributed by atoms with van der Waals surface area (Å²) >= 11 is 0. The Kier molecular flexibility index (Phi) is 9.51. The number of aromatic nitrogens is 3. The highest BCUT2D eigenvalue weighted by Gasteiger charge is 2.24. The molecule has 0 aliphatic heterocycles. The highest BCUT2D eigenvalue weighted by Crippen LogP contribution is 2.51. The lowest BCUT2D eigenvalue weighted by atomic mass is 9.88. The summed E-state index contributed by atoms with van der Waals surface area (Å²) in [6.45, 7) is 0. The van der Waals surface area contributed by atoms with Crippen molar-refractivity contribution in [3.63, 3.8) is 0 Å². The number of nitriles is 1. The second kappa shape index (κ2) is 16.3. The Morgan fingerprint density at radius 1 is 0.273 bits per heavy atom. The number of hydrogen-bond donors (Lipinski definition) is 0. The minimum Gasteiger partial charge on any atom is -0.208 e. The third-order valence-electron chi connectivity index (χ3n) is 12.7. The van der Waals surface area contributed by atoms with E-state index in [0.29, 0.717) is 23.0 Å². The Balaban J connectivity index is 0.885. The van der Waals surface area contributed by atoms with E-state index in [0.717, 1.165) is 66.8 Å². The first-order valence-electron chi connectivity index (χ1n) is 22.1. The predicted octanol–water partition coefficient (Wildman–Crippen LogP) is 15.9. The second-order valence-electron chi connectivity index (χ2n) is 16.7. The normalized spacial score (nSPS) is 11.3. The molecule has 66 heavy (non-hydrogen) atoms. The molecule has 1 aliphatic carbocycles. The number of hydrogen-bond acceptors (Lipinski definition) is 4. The quantitative estimate of drug-likeness (QED) is 0.153. The fraction of sp³-hybridized carbons (Fsp3) is 0. The molecule has 0 spiro atoms. The van der Waals surface area contributed by atoms with Crippen LogP contribution in [0.4, 0.5) is 0 Å². The Morgan fingerprint density at radius 2 is 0.697 bits per heavy atom. The molecule has 0 atom stereocenters. The molecule has 1 heterocycles. The molecule has 1 aliphatic rings. The molecule has 0 fully saturated rings. The van der Waals surface area contributed by atoms with Crippen LogP contribution < -0.4 is 0 Å². The van der Waals surface area contributed by atoms with Crippen LogP contribution >= 0.6 is 0 Å². The lowest BCUT2D eigenvalue weighted by molar-refractivity contribution is 1.07. The summed E-state index contributed by atoms with van der Waals surface area (Å²) in [7, 11) is 0. The summed E-state index contributed by atoms with van der Waals surface area (Å²) in [4.78, 5) is 15.0. The Morgan fingerprint density at radius 3 is 1.33 bits per heavy atom. The third-order valence-corrected chi connectivity index (χ3v) is 12.7. The Hall–Kier alpha value is -9.04. The van der Waals surface area contributed by atoms with Gasteiger partial charge >= 0.3 is 0 Å². The summed E-state index contributed by atoms with van der Waals surface area (Å²) in [6.07, 6.45) is 0. The van der Waals surface area contributed by atoms with Gasteiger partial charge in [0.15, 0.2) is 17.5 Å². The maximum Gasteiger partial charge on any atom is 0.164 e. The average molecular weight is 839 g/mol. The van der Waals surface area contributed by atoms with Crippen molar-refractivity contribution in [1.82, 2.24) is 15.0 Å². The highest BCUT2D eigenvalue weighted by atomic mass is 15.0. The number of nitrogens with zero attached hydrogens (tertiary/aromatic N) is 4. The molecular formula is C62H38N4. The van der Waals surface area contributed by atoms with Gasteiger partial charge < -0.3 is 0 Å². The summed E-state index contributed by atoms with van der Waals surface area (Å²) in [5.41, 5.74) is 19.4. The third kappa shape index (κ3) is 6.93. The lowest BCUT2D eigenvalue weighted by Crippen LogP contribution is -2.00. The van der Waals surface area contributed by atoms with Crippen LogP contribution in [-0.4, -0.2) is 15.0 Å². The van der Waals surface area contributed by atoms with Gasteiger partial charge in [-0.15, -0.1) is 0 Å². The molecule has 0 N–H and O–H groups in total. The molecule has 4 nitrogen and oxygen atoms in total. The zero-order valence-electron chi connectivity index (χ0n) is 35.7. The van der Waals surface area contributed by atoms with Crippen LogP contribution in [0.25, 0.3) is 123 Å². The first-order chi connectivity index (χ1) is 32.6. The summed E-state index contributed by atoms with van der Waals surface area (Å²) in [5, 5.41) is 12.7. The van der Waals surface area contributed by atoms with Crippen molar-refractivity contribution < 1.29 is 0 Å². The molecule has 0 saturated carbocycles. The van der Waals surface area contributed by atoms with Crippen molar-refractivity contribution in [3.8, 4) is 118 Å². The smallest absolute Gasteiger partial charge is 0.164 e. The topological polar surface area (TPSA) is 62.5 Å². The van der Waals surface area contributed by atoms with E-state index >= 15 is 0 Å². The fourth-order valence-electron chi connectivity index (χ4n) is 9.51. The van der Waals surface area contributed by atoms with Crippen molar-refractivity contribution >= 4 is 10.8 Å². The van der Waals surface area contributed by atoms with Crippen molar-refractivity contribution in [2.75, 3.05) is 0 Å². The van der Waals surface area contributed by atoms with Crippen LogP contribution in [0.2, 0.25) is 0 Å². The van der Waals surface area contributed by atoms with Gasteiger partial charge in [0.2, 0.25) is 0 Å². The summed E-state index contributed by atoms with van der Waals surface area (Å²) < 4.78 is 0. The number of fused-ring (bicyclic) bond motifs is 3. The van der Waals surface area contributed by atoms with Crippen LogP contribution in [0.3, 0.4) is 0 Å². The van der Waals surface area contributed by atoms with E-state index in [-0.39, 0.29) is 0 Å². The molecule has 0 saturated heterocycles. The van der Waals surface area contributed by atoms with Gasteiger partial charge in [-0.25, -0.2) is 15.0 Å². The monoisotopic (exact) mass is 838 g/mol. The molecule has 1 aromatic heterocycles. The summed E-state index contributed by atoms with van der Waals surface area (Å²) in [5.74, 6) is 1.84. The van der Waals surface area contributed by atoms with Gasteiger partial charge in [0.25, 0.3) is 0 Å². The first kappa shape index (κ1) is 38.6. The van der Waals surface area contributed by atoms with Crippen LogP contribution in [0, 0.1) is 11.3 Å². The molecule has 10 aromatic carbocycles. The highest BCUT2D eigenvalue weighted by molar-refractivity contribution is 6.18. The van der Waals surface area contributed by atoms with Crippen molar-refractivity contribution in [1.29, 1.82) is 5.26 Å². The standard InChI is InChI=1S/C62H38N4/c63-39-40-26-35-52(49-19-8-20-50(38-49)53-22-11-24-55-54-23-9-16-44-17-10-25-56(58(44)54)59(53)55)57(36-40)51-21-7-18-48(37-51)43-29-33-47(34-30-43)62-65-60(45-14-5-2-6-15-45)64-61(66-62)46-31-27-42(28-32-46)41-12-3-1-4-13-41/h1-38H. The van der Waals surface area contributed by atoms with Gasteiger partial charge in [-0.05, 0) is 113 Å². The van der Waals surface area contributed by atoms with E-state index in [2.05, 4.69) is 188 Å². The van der Waals surface area contributed by atoms with Gasteiger partial charge in [0, 0.05) is 16.7 Å². The molecule has 11 aromatic rings. The van der Waals surface area contributed by atoms with E-state index < -0.39 is 0 Å². The zero-order valence-corrected chi connectivity index (χ0v) is 35.7. The summed E-state index contributed by atoms with van der Waals surface area (Å²) in [6, 6.07) is 82.9. The predicted molar refractivity (Wildman–Crippen MR) is 270 cm³/mol. The van der Waals surface area contributed by atoms with Gasteiger partial charge in [0.05, 0.1) is 11.6 Å². The molecule has 4 heteroatoms. The van der Waals surface area contributed by atoms with Crippen LogP contribution in [0.1, 0.15) is 5.56 Å².